The summed E-state index contributed by atoms with van der Waals surface area (Å²) in [6, 6.07) is 0.457. The highest BCUT2D eigenvalue weighted by Gasteiger charge is 2.39. The van der Waals surface area contributed by atoms with Crippen LogP contribution in [0.5, 0.6) is 0 Å². The molecule has 1 aromatic rings. The monoisotopic (exact) mass is 265 g/mol. The SMILES string of the molecule is NCCc1cnn(C2CCOC3(CCOCC3)C2)c1. The van der Waals surface area contributed by atoms with Crippen molar-refractivity contribution in [2.75, 3.05) is 26.4 Å². The van der Waals surface area contributed by atoms with Crippen LogP contribution in [0.25, 0.3) is 0 Å². The molecule has 0 bridgehead atoms. The molecule has 2 aliphatic rings. The van der Waals surface area contributed by atoms with Gasteiger partial charge in [-0.15, -0.1) is 0 Å². The second-order valence-corrected chi connectivity index (χ2v) is 5.66. The topological polar surface area (TPSA) is 62.3 Å². The number of rotatable bonds is 3. The predicted octanol–water partition coefficient (Wildman–Crippen LogP) is 1.28. The van der Waals surface area contributed by atoms with E-state index in [9.17, 15) is 0 Å². The molecule has 0 saturated carbocycles. The van der Waals surface area contributed by atoms with Crippen LogP contribution >= 0.6 is 0 Å². The number of aromatic nitrogens is 2. The summed E-state index contributed by atoms with van der Waals surface area (Å²) in [5.41, 5.74) is 6.85. The summed E-state index contributed by atoms with van der Waals surface area (Å²) >= 11 is 0. The zero-order chi connectivity index (χ0) is 13.1. The number of hydrogen-bond donors (Lipinski definition) is 1. The van der Waals surface area contributed by atoms with Crippen molar-refractivity contribution in [2.45, 2.75) is 43.7 Å². The second kappa shape index (κ2) is 5.61. The zero-order valence-corrected chi connectivity index (χ0v) is 11.4. The Morgan fingerprint density at radius 1 is 1.37 bits per heavy atom. The minimum Gasteiger partial charge on any atom is -0.381 e. The van der Waals surface area contributed by atoms with Crippen molar-refractivity contribution in [2.24, 2.45) is 5.73 Å². The van der Waals surface area contributed by atoms with Gasteiger partial charge >= 0.3 is 0 Å². The summed E-state index contributed by atoms with van der Waals surface area (Å²) in [6.07, 6.45) is 9.13. The van der Waals surface area contributed by atoms with Gasteiger partial charge in [0.2, 0.25) is 0 Å². The first-order chi connectivity index (χ1) is 9.31. The fourth-order valence-corrected chi connectivity index (χ4v) is 3.19. The maximum absolute atomic E-state index is 6.07. The molecular weight excluding hydrogens is 242 g/mol. The van der Waals surface area contributed by atoms with Gasteiger partial charge in [-0.1, -0.05) is 0 Å². The summed E-state index contributed by atoms with van der Waals surface area (Å²) in [5, 5.41) is 4.51. The fourth-order valence-electron chi connectivity index (χ4n) is 3.19. The normalized spacial score (nSPS) is 26.7. The predicted molar refractivity (Wildman–Crippen MR) is 72.0 cm³/mol. The van der Waals surface area contributed by atoms with Gasteiger partial charge in [0.25, 0.3) is 0 Å². The lowest BCUT2D eigenvalue weighted by molar-refractivity contribution is -0.145. The fraction of sp³-hybridized carbons (Fsp3) is 0.786. The molecule has 3 heterocycles. The highest BCUT2D eigenvalue weighted by Crippen LogP contribution is 2.38. The average molecular weight is 265 g/mol. The van der Waals surface area contributed by atoms with Crippen molar-refractivity contribution >= 4 is 0 Å². The molecule has 0 amide bonds. The van der Waals surface area contributed by atoms with E-state index in [1.807, 2.05) is 6.20 Å². The molecule has 2 fully saturated rings. The van der Waals surface area contributed by atoms with Gasteiger partial charge in [-0.25, -0.2) is 0 Å². The maximum atomic E-state index is 6.07. The molecule has 1 unspecified atom stereocenters. The van der Waals surface area contributed by atoms with Crippen molar-refractivity contribution in [1.82, 2.24) is 9.78 Å². The molecule has 2 saturated heterocycles. The molecule has 2 N–H and O–H groups in total. The van der Waals surface area contributed by atoms with Crippen LogP contribution in [0.15, 0.2) is 12.4 Å². The standard InChI is InChI=1S/C14H23N3O2/c15-5-1-12-10-16-17(11-12)13-2-6-19-14(9-13)3-7-18-8-4-14/h10-11,13H,1-9,15H2. The summed E-state index contributed by atoms with van der Waals surface area (Å²) in [4.78, 5) is 0. The van der Waals surface area contributed by atoms with Gasteiger partial charge in [-0.2, -0.15) is 5.10 Å². The maximum Gasteiger partial charge on any atom is 0.0746 e. The molecule has 1 aromatic heterocycles. The van der Waals surface area contributed by atoms with Crippen LogP contribution in [0.4, 0.5) is 0 Å². The van der Waals surface area contributed by atoms with Crippen LogP contribution in [0.1, 0.15) is 37.3 Å². The van der Waals surface area contributed by atoms with E-state index in [0.717, 1.165) is 51.9 Å². The lowest BCUT2D eigenvalue weighted by Crippen LogP contribution is -2.44. The van der Waals surface area contributed by atoms with Gasteiger partial charge in [-0.05, 0) is 44.2 Å². The third kappa shape index (κ3) is 2.83. The van der Waals surface area contributed by atoms with Crippen LogP contribution in [-0.4, -0.2) is 41.7 Å². The molecule has 0 aromatic carbocycles. The van der Waals surface area contributed by atoms with Crippen LogP contribution in [0.3, 0.4) is 0 Å². The van der Waals surface area contributed by atoms with Crippen LogP contribution in [0, 0.1) is 0 Å². The van der Waals surface area contributed by atoms with Crippen molar-refractivity contribution in [3.05, 3.63) is 18.0 Å². The molecule has 19 heavy (non-hydrogen) atoms. The van der Waals surface area contributed by atoms with E-state index in [1.165, 1.54) is 5.56 Å². The lowest BCUT2D eigenvalue weighted by atomic mass is 9.84. The Bertz CT molecular complexity index is 407. The Balaban J connectivity index is 1.69. The van der Waals surface area contributed by atoms with Crippen molar-refractivity contribution in [3.63, 3.8) is 0 Å². The van der Waals surface area contributed by atoms with E-state index in [2.05, 4.69) is 16.0 Å². The third-order valence-corrected chi connectivity index (χ3v) is 4.33. The Hall–Kier alpha value is -0.910. The van der Waals surface area contributed by atoms with Crippen molar-refractivity contribution < 1.29 is 9.47 Å². The van der Waals surface area contributed by atoms with E-state index >= 15 is 0 Å². The quantitative estimate of drug-likeness (QED) is 0.894. The molecule has 1 spiro atoms. The van der Waals surface area contributed by atoms with E-state index < -0.39 is 0 Å². The Morgan fingerprint density at radius 3 is 3.00 bits per heavy atom. The van der Waals surface area contributed by atoms with E-state index in [-0.39, 0.29) is 5.60 Å². The highest BCUT2D eigenvalue weighted by atomic mass is 16.5. The second-order valence-electron chi connectivity index (χ2n) is 5.66. The summed E-state index contributed by atoms with van der Waals surface area (Å²) in [5.74, 6) is 0. The molecular formula is C14H23N3O2. The van der Waals surface area contributed by atoms with Gasteiger partial charge < -0.3 is 15.2 Å². The van der Waals surface area contributed by atoms with Gasteiger partial charge in [0, 0.05) is 26.0 Å². The van der Waals surface area contributed by atoms with Crippen LogP contribution in [0.2, 0.25) is 0 Å². The largest absolute Gasteiger partial charge is 0.381 e. The number of nitrogens with two attached hydrogens (primary N) is 1. The molecule has 1 atom stereocenters. The van der Waals surface area contributed by atoms with E-state index in [1.54, 1.807) is 0 Å². The van der Waals surface area contributed by atoms with Crippen LogP contribution in [-0.2, 0) is 15.9 Å². The summed E-state index contributed by atoms with van der Waals surface area (Å²) in [6.45, 7) is 3.16. The minimum absolute atomic E-state index is 0.0289. The van der Waals surface area contributed by atoms with Gasteiger partial charge in [0.15, 0.2) is 0 Å². The van der Waals surface area contributed by atoms with Gasteiger partial charge in [-0.3, -0.25) is 4.68 Å². The number of nitrogens with zero attached hydrogens (tertiary/aromatic N) is 2. The van der Waals surface area contributed by atoms with E-state index in [4.69, 9.17) is 15.2 Å². The lowest BCUT2D eigenvalue weighted by Gasteiger charge is -2.43. The first kappa shape index (κ1) is 13.1. The molecule has 2 aliphatic heterocycles. The van der Waals surface area contributed by atoms with Gasteiger partial charge in [0.05, 0.1) is 17.8 Å². The highest BCUT2D eigenvalue weighted by molar-refractivity contribution is 5.05. The van der Waals surface area contributed by atoms with Gasteiger partial charge in [0.1, 0.15) is 0 Å². The average Bonchev–Trinajstić information content (AvgIpc) is 2.89. The Morgan fingerprint density at radius 2 is 2.21 bits per heavy atom. The molecule has 5 nitrogen and oxygen atoms in total. The Labute approximate surface area is 114 Å². The van der Waals surface area contributed by atoms with Crippen molar-refractivity contribution in [3.8, 4) is 0 Å². The molecule has 0 aliphatic carbocycles. The molecule has 0 radical (unpaired) electrons. The first-order valence-corrected chi connectivity index (χ1v) is 7.26. The number of hydrogen-bond acceptors (Lipinski definition) is 4. The zero-order valence-electron chi connectivity index (χ0n) is 11.4. The minimum atomic E-state index is 0.0289. The molecule has 5 heteroatoms. The first-order valence-electron chi connectivity index (χ1n) is 7.26. The summed E-state index contributed by atoms with van der Waals surface area (Å²) < 4.78 is 13.6. The van der Waals surface area contributed by atoms with Crippen molar-refractivity contribution in [1.29, 1.82) is 0 Å². The molecule has 3 rings (SSSR count). The summed E-state index contributed by atoms with van der Waals surface area (Å²) in [7, 11) is 0. The molecule has 106 valence electrons. The van der Waals surface area contributed by atoms with E-state index in [0.29, 0.717) is 12.6 Å². The number of ether oxygens (including phenoxy) is 2. The Kier molecular flexibility index (Phi) is 3.86. The van der Waals surface area contributed by atoms with Crippen LogP contribution < -0.4 is 5.73 Å². The smallest absolute Gasteiger partial charge is 0.0746 e. The third-order valence-electron chi connectivity index (χ3n) is 4.33.